The maximum atomic E-state index is 10.7. The number of amides is 1. The summed E-state index contributed by atoms with van der Waals surface area (Å²) in [5, 5.41) is 14.9. The maximum Gasteiger partial charge on any atom is 0.216 e. The number of para-hydroxylation sites is 1. The summed E-state index contributed by atoms with van der Waals surface area (Å²) >= 11 is 0. The zero-order valence-corrected chi connectivity index (χ0v) is 10.6. The minimum atomic E-state index is -0.449. The van der Waals surface area contributed by atoms with E-state index >= 15 is 0 Å². The van der Waals surface area contributed by atoms with Gasteiger partial charge in [-0.2, -0.15) is 5.26 Å². The maximum absolute atomic E-state index is 10.7. The highest BCUT2D eigenvalue weighted by molar-refractivity contribution is 5.72. The van der Waals surface area contributed by atoms with E-state index in [-0.39, 0.29) is 5.91 Å². The van der Waals surface area contributed by atoms with E-state index in [4.69, 9.17) is 10.00 Å². The van der Waals surface area contributed by atoms with Crippen LogP contribution in [0, 0.1) is 11.3 Å². The molecule has 0 saturated carbocycles. The molecule has 0 aliphatic heterocycles. The van der Waals surface area contributed by atoms with Gasteiger partial charge in [0.15, 0.2) is 0 Å². The molecule has 2 N–H and O–H groups in total. The highest BCUT2D eigenvalue weighted by Gasteiger charge is 2.13. The average molecular weight is 247 g/mol. The van der Waals surface area contributed by atoms with Gasteiger partial charge in [0, 0.05) is 25.6 Å². The number of hydrogen-bond acceptors (Lipinski definition) is 4. The van der Waals surface area contributed by atoms with E-state index in [2.05, 4.69) is 16.7 Å². The largest absolute Gasteiger partial charge is 0.496 e. The molecule has 0 saturated heterocycles. The Kier molecular flexibility index (Phi) is 5.68. The van der Waals surface area contributed by atoms with Crippen LogP contribution >= 0.6 is 0 Å². The Morgan fingerprint density at radius 1 is 1.44 bits per heavy atom. The molecule has 0 fully saturated rings. The highest BCUT2D eigenvalue weighted by atomic mass is 16.5. The molecule has 96 valence electrons. The van der Waals surface area contributed by atoms with Crippen molar-refractivity contribution in [2.24, 2.45) is 0 Å². The summed E-state index contributed by atoms with van der Waals surface area (Å²) in [7, 11) is 1.57. The van der Waals surface area contributed by atoms with Crippen molar-refractivity contribution in [3.8, 4) is 11.8 Å². The van der Waals surface area contributed by atoms with Crippen LogP contribution in [0.4, 0.5) is 0 Å². The van der Waals surface area contributed by atoms with Gasteiger partial charge in [-0.05, 0) is 6.07 Å². The van der Waals surface area contributed by atoms with Crippen LogP contribution in [0.1, 0.15) is 18.5 Å². The molecule has 5 heteroatoms. The predicted molar refractivity (Wildman–Crippen MR) is 68.0 cm³/mol. The number of nitrogens with one attached hydrogen (secondary N) is 2. The SMILES string of the molecule is COc1ccccc1C(C#N)NCCNC(C)=O. The minimum absolute atomic E-state index is 0.0809. The summed E-state index contributed by atoms with van der Waals surface area (Å²) in [6.45, 7) is 2.47. The quantitative estimate of drug-likeness (QED) is 0.735. The number of rotatable bonds is 6. The Morgan fingerprint density at radius 2 is 2.17 bits per heavy atom. The van der Waals surface area contributed by atoms with E-state index in [1.54, 1.807) is 7.11 Å². The molecule has 0 aromatic heterocycles. The second-order valence-electron chi connectivity index (χ2n) is 3.74. The third-order valence-corrected chi connectivity index (χ3v) is 2.43. The van der Waals surface area contributed by atoms with E-state index in [1.165, 1.54) is 6.92 Å². The van der Waals surface area contributed by atoms with Crippen molar-refractivity contribution < 1.29 is 9.53 Å². The fraction of sp³-hybridized carbons (Fsp3) is 0.385. The van der Waals surface area contributed by atoms with Crippen LogP contribution in [0.3, 0.4) is 0 Å². The van der Waals surface area contributed by atoms with E-state index < -0.39 is 6.04 Å². The van der Waals surface area contributed by atoms with Crippen molar-refractivity contribution in [3.63, 3.8) is 0 Å². The molecule has 1 rings (SSSR count). The average Bonchev–Trinajstić information content (AvgIpc) is 2.38. The third kappa shape index (κ3) is 4.07. The topological polar surface area (TPSA) is 74.2 Å². The first-order chi connectivity index (χ1) is 8.69. The van der Waals surface area contributed by atoms with Gasteiger partial charge in [-0.3, -0.25) is 10.1 Å². The molecule has 0 radical (unpaired) electrons. The Morgan fingerprint density at radius 3 is 2.78 bits per heavy atom. The Hall–Kier alpha value is -2.06. The summed E-state index contributed by atoms with van der Waals surface area (Å²) < 4.78 is 5.21. The monoisotopic (exact) mass is 247 g/mol. The molecule has 5 nitrogen and oxygen atoms in total. The summed E-state index contributed by atoms with van der Waals surface area (Å²) in [6.07, 6.45) is 0. The van der Waals surface area contributed by atoms with Crippen molar-refractivity contribution in [1.82, 2.24) is 10.6 Å². The van der Waals surface area contributed by atoms with E-state index in [1.807, 2.05) is 24.3 Å². The van der Waals surface area contributed by atoms with Crippen molar-refractivity contribution in [3.05, 3.63) is 29.8 Å². The van der Waals surface area contributed by atoms with Crippen LogP contribution in [-0.2, 0) is 4.79 Å². The van der Waals surface area contributed by atoms with E-state index in [9.17, 15) is 4.79 Å². The minimum Gasteiger partial charge on any atom is -0.496 e. The Bertz CT molecular complexity index is 440. The molecular formula is C13H17N3O2. The van der Waals surface area contributed by atoms with Crippen LogP contribution in [0.5, 0.6) is 5.75 Å². The molecule has 0 aliphatic rings. The number of carbonyl (C=O) groups excluding carboxylic acids is 1. The number of nitriles is 1. The number of hydrogen-bond donors (Lipinski definition) is 2. The smallest absolute Gasteiger partial charge is 0.216 e. The van der Waals surface area contributed by atoms with Gasteiger partial charge in [0.2, 0.25) is 5.91 Å². The first-order valence-corrected chi connectivity index (χ1v) is 5.69. The first kappa shape index (κ1) is 14.0. The van der Waals surface area contributed by atoms with E-state index in [0.717, 1.165) is 5.56 Å². The number of benzene rings is 1. The molecule has 18 heavy (non-hydrogen) atoms. The number of nitrogens with zero attached hydrogens (tertiary/aromatic N) is 1. The lowest BCUT2D eigenvalue weighted by Crippen LogP contribution is -2.32. The highest BCUT2D eigenvalue weighted by Crippen LogP contribution is 2.23. The lowest BCUT2D eigenvalue weighted by atomic mass is 10.1. The zero-order valence-electron chi connectivity index (χ0n) is 10.6. The van der Waals surface area contributed by atoms with Crippen molar-refractivity contribution in [2.45, 2.75) is 13.0 Å². The molecular weight excluding hydrogens is 230 g/mol. The first-order valence-electron chi connectivity index (χ1n) is 5.69. The molecule has 1 aromatic rings. The molecule has 0 spiro atoms. The van der Waals surface area contributed by atoms with Crippen molar-refractivity contribution in [2.75, 3.05) is 20.2 Å². The van der Waals surface area contributed by atoms with Crippen LogP contribution in [0.2, 0.25) is 0 Å². The Balaban J connectivity index is 2.61. The van der Waals surface area contributed by atoms with Crippen molar-refractivity contribution in [1.29, 1.82) is 5.26 Å². The number of carbonyl (C=O) groups is 1. The summed E-state index contributed by atoms with van der Waals surface area (Å²) in [5.74, 6) is 0.596. The van der Waals surface area contributed by atoms with Gasteiger partial charge in [0.05, 0.1) is 13.2 Å². The van der Waals surface area contributed by atoms with Gasteiger partial charge in [-0.15, -0.1) is 0 Å². The van der Waals surface area contributed by atoms with Crippen LogP contribution in [0.25, 0.3) is 0 Å². The van der Waals surface area contributed by atoms with Crippen LogP contribution in [0.15, 0.2) is 24.3 Å². The molecule has 0 bridgehead atoms. The number of methoxy groups -OCH3 is 1. The molecule has 1 amide bonds. The number of ether oxygens (including phenoxy) is 1. The van der Waals surface area contributed by atoms with Gasteiger partial charge in [0.1, 0.15) is 11.8 Å². The summed E-state index contributed by atoms with van der Waals surface area (Å²) in [4.78, 5) is 10.7. The van der Waals surface area contributed by atoms with E-state index in [0.29, 0.717) is 18.8 Å². The lowest BCUT2D eigenvalue weighted by Gasteiger charge is -2.15. The lowest BCUT2D eigenvalue weighted by molar-refractivity contribution is -0.118. The van der Waals surface area contributed by atoms with Gasteiger partial charge in [-0.1, -0.05) is 18.2 Å². The van der Waals surface area contributed by atoms with Crippen LogP contribution < -0.4 is 15.4 Å². The summed E-state index contributed by atoms with van der Waals surface area (Å²) in [6, 6.07) is 9.10. The summed E-state index contributed by atoms with van der Waals surface area (Å²) in [5.41, 5.74) is 0.797. The second kappa shape index (κ2) is 7.30. The zero-order chi connectivity index (χ0) is 13.4. The molecule has 1 unspecified atom stereocenters. The van der Waals surface area contributed by atoms with Gasteiger partial charge >= 0.3 is 0 Å². The Labute approximate surface area is 107 Å². The van der Waals surface area contributed by atoms with Gasteiger partial charge < -0.3 is 10.1 Å². The fourth-order valence-electron chi connectivity index (χ4n) is 1.59. The van der Waals surface area contributed by atoms with Gasteiger partial charge in [0.25, 0.3) is 0 Å². The third-order valence-electron chi connectivity index (χ3n) is 2.43. The predicted octanol–water partition coefficient (Wildman–Crippen LogP) is 0.986. The molecule has 0 heterocycles. The standard InChI is InChI=1S/C13H17N3O2/c1-10(17)15-7-8-16-12(9-14)11-5-3-4-6-13(11)18-2/h3-6,12,16H,7-8H2,1-2H3,(H,15,17). The normalized spacial score (nSPS) is 11.4. The van der Waals surface area contributed by atoms with Crippen LogP contribution in [-0.4, -0.2) is 26.1 Å². The molecule has 1 aromatic carbocycles. The van der Waals surface area contributed by atoms with Gasteiger partial charge in [-0.25, -0.2) is 0 Å². The molecule has 1 atom stereocenters. The van der Waals surface area contributed by atoms with Crippen molar-refractivity contribution >= 4 is 5.91 Å². The molecule has 0 aliphatic carbocycles. The fourth-order valence-corrected chi connectivity index (χ4v) is 1.59. The second-order valence-corrected chi connectivity index (χ2v) is 3.74.